The topological polar surface area (TPSA) is 75.6 Å². The van der Waals surface area contributed by atoms with Crippen LogP contribution in [-0.2, 0) is 11.3 Å². The van der Waals surface area contributed by atoms with Crippen molar-refractivity contribution in [2.45, 2.75) is 45.7 Å². The number of nitrogens with zero attached hydrogens (tertiary/aromatic N) is 3. The zero-order chi connectivity index (χ0) is 17.6. The normalized spacial score (nSPS) is 13.7. The van der Waals surface area contributed by atoms with Gasteiger partial charge in [0, 0.05) is 25.4 Å². The zero-order valence-electron chi connectivity index (χ0n) is 14.8. The van der Waals surface area contributed by atoms with Gasteiger partial charge in [0.2, 0.25) is 5.91 Å². The van der Waals surface area contributed by atoms with Crippen LogP contribution >= 0.6 is 0 Å². The van der Waals surface area contributed by atoms with Crippen LogP contribution in [0.3, 0.4) is 0 Å². The molecule has 25 heavy (non-hydrogen) atoms. The molecule has 2 N–H and O–H groups in total. The minimum absolute atomic E-state index is 0.0536. The number of nitrogens with one attached hydrogen (secondary N) is 2. The van der Waals surface area contributed by atoms with Crippen molar-refractivity contribution in [3.05, 3.63) is 48.5 Å². The predicted molar refractivity (Wildman–Crippen MR) is 97.9 cm³/mol. The van der Waals surface area contributed by atoms with Gasteiger partial charge in [-0.3, -0.25) is 9.48 Å². The molecule has 3 aromatic rings. The van der Waals surface area contributed by atoms with Crippen molar-refractivity contribution >= 4 is 16.9 Å². The van der Waals surface area contributed by atoms with Crippen molar-refractivity contribution in [2.75, 3.05) is 0 Å². The quantitative estimate of drug-likeness (QED) is 0.660. The number of fused-ring (bicyclic) bond motifs is 1. The molecule has 0 unspecified atom stereocenters. The number of carbonyl (C=O) groups is 1. The molecule has 0 saturated heterocycles. The molecule has 2 atom stereocenters. The van der Waals surface area contributed by atoms with Crippen LogP contribution in [0.15, 0.2) is 42.7 Å². The first-order valence-electron chi connectivity index (χ1n) is 8.88. The van der Waals surface area contributed by atoms with Crippen LogP contribution in [0.5, 0.6) is 0 Å². The summed E-state index contributed by atoms with van der Waals surface area (Å²) in [6, 6.07) is 9.73. The van der Waals surface area contributed by atoms with Gasteiger partial charge >= 0.3 is 0 Å². The smallest absolute Gasteiger partial charge is 0.220 e. The first-order chi connectivity index (χ1) is 12.2. The summed E-state index contributed by atoms with van der Waals surface area (Å²) in [5, 5.41) is 7.32. The molecule has 132 valence electrons. The maximum atomic E-state index is 12.4. The summed E-state index contributed by atoms with van der Waals surface area (Å²) in [4.78, 5) is 20.4. The number of aromatic amines is 1. The van der Waals surface area contributed by atoms with Crippen LogP contribution in [0.25, 0.3) is 11.0 Å². The Morgan fingerprint density at radius 2 is 2.16 bits per heavy atom. The molecular formula is C19H25N5O. The van der Waals surface area contributed by atoms with E-state index >= 15 is 0 Å². The number of hydrogen-bond acceptors (Lipinski definition) is 3. The van der Waals surface area contributed by atoms with Gasteiger partial charge < -0.3 is 10.3 Å². The Bertz CT molecular complexity index is 775. The lowest BCUT2D eigenvalue weighted by atomic mass is 9.98. The van der Waals surface area contributed by atoms with Gasteiger partial charge in [-0.25, -0.2) is 4.98 Å². The van der Waals surface area contributed by atoms with Gasteiger partial charge in [0.1, 0.15) is 5.82 Å². The van der Waals surface area contributed by atoms with E-state index in [2.05, 4.69) is 34.2 Å². The number of aryl methyl sites for hydroxylation is 1. The summed E-state index contributed by atoms with van der Waals surface area (Å²) < 4.78 is 1.85. The summed E-state index contributed by atoms with van der Waals surface area (Å²) >= 11 is 0. The molecule has 0 saturated carbocycles. The van der Waals surface area contributed by atoms with E-state index in [4.69, 9.17) is 0 Å². The number of rotatable bonds is 8. The molecule has 0 fully saturated rings. The molecule has 0 aliphatic rings. The third-order valence-electron chi connectivity index (χ3n) is 4.58. The van der Waals surface area contributed by atoms with E-state index in [1.54, 1.807) is 6.20 Å². The van der Waals surface area contributed by atoms with Crippen LogP contribution in [0.2, 0.25) is 0 Å². The number of benzene rings is 1. The Labute approximate surface area is 147 Å². The van der Waals surface area contributed by atoms with Gasteiger partial charge in [-0.05, 0) is 30.5 Å². The number of amides is 1. The number of para-hydroxylation sites is 2. The van der Waals surface area contributed by atoms with Crippen molar-refractivity contribution in [1.82, 2.24) is 25.1 Å². The second-order valence-electron chi connectivity index (χ2n) is 6.44. The lowest BCUT2D eigenvalue weighted by Gasteiger charge is -2.22. The molecular weight excluding hydrogens is 314 g/mol. The summed E-state index contributed by atoms with van der Waals surface area (Å²) in [5.41, 5.74) is 1.93. The number of carbonyl (C=O) groups excluding carboxylic acids is 1. The largest absolute Gasteiger partial charge is 0.346 e. The van der Waals surface area contributed by atoms with Gasteiger partial charge in [-0.2, -0.15) is 5.10 Å². The van der Waals surface area contributed by atoms with Gasteiger partial charge in [0.25, 0.3) is 0 Å². The third kappa shape index (κ3) is 4.26. The first kappa shape index (κ1) is 17.2. The first-order valence-corrected chi connectivity index (χ1v) is 8.88. The van der Waals surface area contributed by atoms with Crippen LogP contribution in [0, 0.1) is 5.92 Å². The van der Waals surface area contributed by atoms with Crippen molar-refractivity contribution in [3.63, 3.8) is 0 Å². The van der Waals surface area contributed by atoms with Gasteiger partial charge in [0.05, 0.1) is 17.1 Å². The Morgan fingerprint density at radius 1 is 1.32 bits per heavy atom. The van der Waals surface area contributed by atoms with E-state index in [1.165, 1.54) is 0 Å². The Hall–Kier alpha value is -2.63. The molecule has 1 aromatic carbocycles. The highest BCUT2D eigenvalue weighted by molar-refractivity contribution is 5.77. The summed E-state index contributed by atoms with van der Waals surface area (Å²) in [6.45, 7) is 5.02. The van der Waals surface area contributed by atoms with E-state index in [-0.39, 0.29) is 11.9 Å². The molecule has 0 aliphatic heterocycles. The molecule has 0 spiro atoms. The maximum Gasteiger partial charge on any atom is 0.220 e. The minimum atomic E-state index is -0.102. The SMILES string of the molecule is CC[C@@H](C)[C@@H](NC(=O)CCCn1cccn1)c1nc2ccccc2[nH]1. The summed E-state index contributed by atoms with van der Waals surface area (Å²) in [7, 11) is 0. The lowest BCUT2D eigenvalue weighted by molar-refractivity contribution is -0.122. The van der Waals surface area contributed by atoms with E-state index in [0.29, 0.717) is 12.3 Å². The molecule has 0 bridgehead atoms. The van der Waals surface area contributed by atoms with Crippen molar-refractivity contribution in [3.8, 4) is 0 Å². The highest BCUT2D eigenvalue weighted by Gasteiger charge is 2.23. The van der Waals surface area contributed by atoms with Crippen molar-refractivity contribution in [1.29, 1.82) is 0 Å². The number of imidazole rings is 1. The molecule has 2 aromatic heterocycles. The molecule has 6 heteroatoms. The molecule has 0 radical (unpaired) electrons. The highest BCUT2D eigenvalue weighted by Crippen LogP contribution is 2.24. The average molecular weight is 339 g/mol. The maximum absolute atomic E-state index is 12.4. The minimum Gasteiger partial charge on any atom is -0.346 e. The second-order valence-corrected chi connectivity index (χ2v) is 6.44. The summed E-state index contributed by atoms with van der Waals surface area (Å²) in [5.74, 6) is 1.18. The fraction of sp³-hybridized carbons (Fsp3) is 0.421. The number of hydrogen-bond donors (Lipinski definition) is 2. The van der Waals surface area contributed by atoms with Crippen LogP contribution in [0.4, 0.5) is 0 Å². The summed E-state index contributed by atoms with van der Waals surface area (Å²) in [6.07, 6.45) is 5.87. The Balaban J connectivity index is 1.64. The molecule has 0 aliphatic carbocycles. The van der Waals surface area contributed by atoms with Crippen LogP contribution in [0.1, 0.15) is 45.0 Å². The Kier molecular flexibility index (Phi) is 5.48. The monoisotopic (exact) mass is 339 g/mol. The van der Waals surface area contributed by atoms with E-state index in [1.807, 2.05) is 41.2 Å². The van der Waals surface area contributed by atoms with Gasteiger partial charge in [-0.15, -0.1) is 0 Å². The third-order valence-corrected chi connectivity index (χ3v) is 4.58. The average Bonchev–Trinajstić information content (AvgIpc) is 3.28. The number of aromatic nitrogens is 4. The number of H-pyrrole nitrogens is 1. The Morgan fingerprint density at radius 3 is 2.88 bits per heavy atom. The van der Waals surface area contributed by atoms with Gasteiger partial charge in [-0.1, -0.05) is 32.4 Å². The van der Waals surface area contributed by atoms with Gasteiger partial charge in [0.15, 0.2) is 0 Å². The molecule has 1 amide bonds. The fourth-order valence-corrected chi connectivity index (χ4v) is 2.92. The lowest BCUT2D eigenvalue weighted by Crippen LogP contribution is -2.33. The molecule has 6 nitrogen and oxygen atoms in total. The highest BCUT2D eigenvalue weighted by atomic mass is 16.1. The molecule has 3 rings (SSSR count). The fourth-order valence-electron chi connectivity index (χ4n) is 2.92. The predicted octanol–water partition coefficient (Wildman–Crippen LogP) is 3.44. The van der Waals surface area contributed by atoms with E-state index in [9.17, 15) is 4.79 Å². The molecule has 2 heterocycles. The van der Waals surface area contributed by atoms with E-state index < -0.39 is 0 Å². The van der Waals surface area contributed by atoms with Crippen LogP contribution < -0.4 is 5.32 Å². The second kappa shape index (κ2) is 7.96. The standard InChI is InChI=1S/C19H25N5O/c1-3-14(2)18(19-21-15-8-4-5-9-16(15)22-19)23-17(25)10-6-12-24-13-7-11-20-24/h4-5,7-9,11,13-14,18H,3,6,10,12H2,1-2H3,(H,21,22)(H,23,25)/t14-,18-/m1/s1. The van der Waals surface area contributed by atoms with Crippen molar-refractivity contribution < 1.29 is 4.79 Å². The van der Waals surface area contributed by atoms with Crippen molar-refractivity contribution in [2.24, 2.45) is 5.92 Å². The van der Waals surface area contributed by atoms with Crippen LogP contribution in [-0.4, -0.2) is 25.7 Å². The van der Waals surface area contributed by atoms with E-state index in [0.717, 1.165) is 36.2 Å². The zero-order valence-corrected chi connectivity index (χ0v) is 14.8.